The van der Waals surface area contributed by atoms with Crippen LogP contribution in [0.3, 0.4) is 0 Å². The first-order chi connectivity index (χ1) is 10.6. The number of carbonyl (C=O) groups excluding carboxylic acids is 1. The summed E-state index contributed by atoms with van der Waals surface area (Å²) >= 11 is 6.04. The number of carbonyl (C=O) groups is 1. The largest absolute Gasteiger partial charge is 0.338 e. The fourth-order valence-corrected chi connectivity index (χ4v) is 2.09. The second kappa shape index (κ2) is 7.79. The summed E-state index contributed by atoms with van der Waals surface area (Å²) in [6, 6.07) is 6.09. The first kappa shape index (κ1) is 16.3. The highest BCUT2D eigenvalue weighted by molar-refractivity contribution is 6.33. The van der Waals surface area contributed by atoms with E-state index in [4.69, 9.17) is 11.6 Å². The molecule has 2 amide bonds. The van der Waals surface area contributed by atoms with E-state index in [1.54, 1.807) is 24.4 Å². The van der Waals surface area contributed by atoms with Gasteiger partial charge in [0.1, 0.15) is 10.8 Å². The number of anilines is 1. The summed E-state index contributed by atoms with van der Waals surface area (Å²) in [5.74, 6) is -0.0482. The summed E-state index contributed by atoms with van der Waals surface area (Å²) < 4.78 is 15.1. The third kappa shape index (κ3) is 4.46. The van der Waals surface area contributed by atoms with E-state index in [2.05, 4.69) is 15.7 Å². The summed E-state index contributed by atoms with van der Waals surface area (Å²) in [4.78, 5) is 11.7. The van der Waals surface area contributed by atoms with Crippen molar-refractivity contribution >= 4 is 23.4 Å². The van der Waals surface area contributed by atoms with Crippen LogP contribution in [0.25, 0.3) is 0 Å². The summed E-state index contributed by atoms with van der Waals surface area (Å²) in [6.07, 6.45) is 3.46. The molecule has 118 valence electrons. The number of benzene rings is 1. The Hall–Kier alpha value is -2.08. The Morgan fingerprint density at radius 2 is 2.18 bits per heavy atom. The van der Waals surface area contributed by atoms with Crippen molar-refractivity contribution in [2.24, 2.45) is 0 Å². The minimum Gasteiger partial charge on any atom is -0.338 e. The zero-order chi connectivity index (χ0) is 15.9. The van der Waals surface area contributed by atoms with Crippen molar-refractivity contribution < 1.29 is 9.18 Å². The lowest BCUT2D eigenvalue weighted by Gasteiger charge is -2.05. The fourth-order valence-electron chi connectivity index (χ4n) is 1.89. The number of urea groups is 1. The molecule has 0 unspecified atom stereocenters. The van der Waals surface area contributed by atoms with E-state index in [9.17, 15) is 9.18 Å². The average molecular weight is 325 g/mol. The SMILES string of the molecule is CCCCNC(=O)Nc1nn(Cc2ccccc2F)cc1Cl. The minimum absolute atomic E-state index is 0.242. The number of hydrogen-bond donors (Lipinski definition) is 2. The molecule has 22 heavy (non-hydrogen) atoms. The molecule has 0 aliphatic carbocycles. The van der Waals surface area contributed by atoms with Crippen LogP contribution in [-0.2, 0) is 6.54 Å². The smallest absolute Gasteiger partial charge is 0.320 e. The summed E-state index contributed by atoms with van der Waals surface area (Å²) in [5, 5.41) is 9.76. The van der Waals surface area contributed by atoms with Gasteiger partial charge in [-0.15, -0.1) is 0 Å². The van der Waals surface area contributed by atoms with E-state index in [0.717, 1.165) is 12.8 Å². The van der Waals surface area contributed by atoms with E-state index >= 15 is 0 Å². The normalized spacial score (nSPS) is 10.5. The molecule has 0 saturated heterocycles. The molecule has 0 fully saturated rings. The Kier molecular flexibility index (Phi) is 5.77. The maximum atomic E-state index is 13.6. The zero-order valence-electron chi connectivity index (χ0n) is 12.3. The van der Waals surface area contributed by atoms with Crippen LogP contribution in [-0.4, -0.2) is 22.4 Å². The highest BCUT2D eigenvalue weighted by Gasteiger charge is 2.11. The van der Waals surface area contributed by atoms with Crippen molar-refractivity contribution in [3.8, 4) is 0 Å². The number of halogens is 2. The molecular formula is C15H18ClFN4O. The summed E-state index contributed by atoms with van der Waals surface area (Å²) in [5.41, 5.74) is 0.501. The molecule has 0 radical (unpaired) electrons. The molecule has 0 atom stereocenters. The lowest BCUT2D eigenvalue weighted by molar-refractivity contribution is 0.252. The van der Waals surface area contributed by atoms with Crippen LogP contribution in [0.15, 0.2) is 30.5 Å². The predicted molar refractivity (Wildman–Crippen MR) is 84.7 cm³/mol. The number of amides is 2. The van der Waals surface area contributed by atoms with Crippen molar-refractivity contribution in [1.82, 2.24) is 15.1 Å². The van der Waals surface area contributed by atoms with Crippen LogP contribution >= 0.6 is 11.6 Å². The molecule has 1 aromatic carbocycles. The number of aromatic nitrogens is 2. The number of rotatable bonds is 6. The number of unbranched alkanes of at least 4 members (excludes halogenated alkanes) is 1. The highest BCUT2D eigenvalue weighted by atomic mass is 35.5. The van der Waals surface area contributed by atoms with Gasteiger partial charge < -0.3 is 5.32 Å². The van der Waals surface area contributed by atoms with Crippen LogP contribution in [0.4, 0.5) is 15.0 Å². The first-order valence-electron chi connectivity index (χ1n) is 7.11. The van der Waals surface area contributed by atoms with E-state index in [1.165, 1.54) is 10.7 Å². The van der Waals surface area contributed by atoms with Gasteiger partial charge in [-0.3, -0.25) is 10.00 Å². The van der Waals surface area contributed by atoms with E-state index in [-0.39, 0.29) is 24.2 Å². The van der Waals surface area contributed by atoms with Crippen LogP contribution in [0.5, 0.6) is 0 Å². The molecule has 2 rings (SSSR count). The zero-order valence-corrected chi connectivity index (χ0v) is 13.0. The fraction of sp³-hybridized carbons (Fsp3) is 0.333. The standard InChI is InChI=1S/C15H18ClFN4O/c1-2-3-8-18-15(22)19-14-12(16)10-21(20-14)9-11-6-4-5-7-13(11)17/h4-7,10H,2-3,8-9H2,1H3,(H2,18,19,20,22). The molecule has 0 bridgehead atoms. The van der Waals surface area contributed by atoms with E-state index in [1.807, 2.05) is 6.92 Å². The number of nitrogens with one attached hydrogen (secondary N) is 2. The van der Waals surface area contributed by atoms with Gasteiger partial charge in [0.15, 0.2) is 5.82 Å². The van der Waals surface area contributed by atoms with Crippen LogP contribution in [0, 0.1) is 5.82 Å². The topological polar surface area (TPSA) is 59.0 Å². The van der Waals surface area contributed by atoms with Crippen molar-refractivity contribution in [2.75, 3.05) is 11.9 Å². The van der Waals surface area contributed by atoms with Crippen LogP contribution < -0.4 is 10.6 Å². The van der Waals surface area contributed by atoms with Gasteiger partial charge in [0.05, 0.1) is 6.54 Å². The Labute approximate surface area is 133 Å². The van der Waals surface area contributed by atoms with Gasteiger partial charge in [0, 0.05) is 18.3 Å². The second-order valence-corrected chi connectivity index (χ2v) is 5.26. The molecule has 1 heterocycles. The quantitative estimate of drug-likeness (QED) is 0.797. The molecule has 5 nitrogen and oxygen atoms in total. The molecular weight excluding hydrogens is 307 g/mol. The molecule has 7 heteroatoms. The van der Waals surface area contributed by atoms with Gasteiger partial charge in [-0.1, -0.05) is 43.1 Å². The molecule has 0 aliphatic heterocycles. The third-order valence-corrected chi connectivity index (χ3v) is 3.33. The lowest BCUT2D eigenvalue weighted by Crippen LogP contribution is -2.29. The molecule has 0 aliphatic rings. The Morgan fingerprint density at radius 3 is 2.91 bits per heavy atom. The molecule has 2 aromatic rings. The predicted octanol–water partition coefficient (Wildman–Crippen LogP) is 3.65. The van der Waals surface area contributed by atoms with Gasteiger partial charge in [-0.2, -0.15) is 5.10 Å². The number of nitrogens with zero attached hydrogens (tertiary/aromatic N) is 2. The van der Waals surface area contributed by atoms with Crippen molar-refractivity contribution in [2.45, 2.75) is 26.3 Å². The maximum absolute atomic E-state index is 13.6. The van der Waals surface area contributed by atoms with Gasteiger partial charge in [-0.05, 0) is 12.5 Å². The first-order valence-corrected chi connectivity index (χ1v) is 7.49. The van der Waals surface area contributed by atoms with Crippen molar-refractivity contribution in [1.29, 1.82) is 0 Å². The summed E-state index contributed by atoms with van der Waals surface area (Å²) in [7, 11) is 0. The summed E-state index contributed by atoms with van der Waals surface area (Å²) in [6.45, 7) is 2.88. The van der Waals surface area contributed by atoms with Gasteiger partial charge in [-0.25, -0.2) is 9.18 Å². The molecule has 0 saturated carbocycles. The van der Waals surface area contributed by atoms with Crippen LogP contribution in [0.1, 0.15) is 25.3 Å². The molecule has 0 spiro atoms. The Balaban J connectivity index is 1.99. The number of hydrogen-bond acceptors (Lipinski definition) is 2. The van der Waals surface area contributed by atoms with Crippen molar-refractivity contribution in [3.63, 3.8) is 0 Å². The third-order valence-electron chi connectivity index (χ3n) is 3.06. The van der Waals surface area contributed by atoms with Crippen molar-refractivity contribution in [3.05, 3.63) is 46.9 Å². The van der Waals surface area contributed by atoms with Gasteiger partial charge >= 0.3 is 6.03 Å². The molecule has 1 aromatic heterocycles. The average Bonchev–Trinajstić information content (AvgIpc) is 2.81. The van der Waals surface area contributed by atoms with E-state index < -0.39 is 0 Å². The highest BCUT2D eigenvalue weighted by Crippen LogP contribution is 2.20. The lowest BCUT2D eigenvalue weighted by atomic mass is 10.2. The van der Waals surface area contributed by atoms with Gasteiger partial charge in [0.25, 0.3) is 0 Å². The monoisotopic (exact) mass is 324 g/mol. The van der Waals surface area contributed by atoms with E-state index in [0.29, 0.717) is 17.1 Å². The second-order valence-electron chi connectivity index (χ2n) is 4.85. The van der Waals surface area contributed by atoms with Gasteiger partial charge in [0.2, 0.25) is 0 Å². The molecule has 2 N–H and O–H groups in total. The maximum Gasteiger partial charge on any atom is 0.320 e. The minimum atomic E-state index is -0.355. The Bertz CT molecular complexity index is 644. The van der Waals surface area contributed by atoms with Crippen LogP contribution in [0.2, 0.25) is 5.02 Å². The Morgan fingerprint density at radius 1 is 1.41 bits per heavy atom.